The number of H-pyrrole nitrogens is 1. The highest BCUT2D eigenvalue weighted by atomic mass is 32.2. The summed E-state index contributed by atoms with van der Waals surface area (Å²) in [5.74, 6) is 0.216. The van der Waals surface area contributed by atoms with Crippen LogP contribution >= 0.6 is 0 Å². The zero-order valence-corrected chi connectivity index (χ0v) is 12.2. The summed E-state index contributed by atoms with van der Waals surface area (Å²) in [6, 6.07) is 8.74. The molecule has 0 saturated heterocycles. The van der Waals surface area contributed by atoms with E-state index in [-0.39, 0.29) is 17.4 Å². The van der Waals surface area contributed by atoms with Gasteiger partial charge in [-0.05, 0) is 23.6 Å². The lowest BCUT2D eigenvalue weighted by molar-refractivity contribution is 0.277. The van der Waals surface area contributed by atoms with Gasteiger partial charge >= 0.3 is 0 Å². The Morgan fingerprint density at radius 1 is 1.30 bits per heavy atom. The van der Waals surface area contributed by atoms with E-state index in [1.807, 2.05) is 26.0 Å². The van der Waals surface area contributed by atoms with Gasteiger partial charge in [0, 0.05) is 11.9 Å². The fourth-order valence-electron chi connectivity index (χ4n) is 1.96. The molecule has 0 fully saturated rings. The number of aromatic nitrogens is 1. The Bertz CT molecular complexity index is 690. The SMILES string of the molecule is CC(C)c1ccccc1NS(=O)(=O)c1c[nH]c(CO)c1. The second-order valence-electron chi connectivity index (χ2n) is 4.87. The average molecular weight is 294 g/mol. The van der Waals surface area contributed by atoms with Gasteiger partial charge in [-0.15, -0.1) is 0 Å². The van der Waals surface area contributed by atoms with Crippen molar-refractivity contribution < 1.29 is 13.5 Å². The van der Waals surface area contributed by atoms with Crippen molar-refractivity contribution in [3.8, 4) is 0 Å². The number of anilines is 1. The van der Waals surface area contributed by atoms with Gasteiger partial charge < -0.3 is 10.1 Å². The molecule has 0 atom stereocenters. The van der Waals surface area contributed by atoms with Crippen molar-refractivity contribution in [1.82, 2.24) is 4.98 Å². The summed E-state index contributed by atoms with van der Waals surface area (Å²) in [4.78, 5) is 2.83. The first-order chi connectivity index (χ1) is 9.44. The van der Waals surface area contributed by atoms with E-state index in [1.165, 1.54) is 12.3 Å². The standard InChI is InChI=1S/C14H18N2O3S/c1-10(2)13-5-3-4-6-14(13)16-20(18,19)12-7-11(9-17)15-8-12/h3-8,10,15-17H,9H2,1-2H3. The topological polar surface area (TPSA) is 82.2 Å². The molecule has 0 unspecified atom stereocenters. The third-order valence-electron chi connectivity index (χ3n) is 3.02. The molecule has 2 aromatic rings. The molecule has 3 N–H and O–H groups in total. The predicted octanol–water partition coefficient (Wildman–Crippen LogP) is 2.43. The van der Waals surface area contributed by atoms with Crippen molar-refractivity contribution in [2.75, 3.05) is 4.72 Å². The van der Waals surface area contributed by atoms with E-state index in [2.05, 4.69) is 9.71 Å². The predicted molar refractivity (Wildman–Crippen MR) is 78.1 cm³/mol. The molecule has 2 rings (SSSR count). The number of aromatic amines is 1. The second-order valence-corrected chi connectivity index (χ2v) is 6.55. The number of para-hydroxylation sites is 1. The first-order valence-corrected chi connectivity index (χ1v) is 7.82. The van der Waals surface area contributed by atoms with Crippen molar-refractivity contribution in [1.29, 1.82) is 0 Å². The van der Waals surface area contributed by atoms with Gasteiger partial charge in [-0.25, -0.2) is 8.42 Å². The van der Waals surface area contributed by atoms with Crippen LogP contribution in [0.4, 0.5) is 5.69 Å². The molecule has 0 aliphatic carbocycles. The van der Waals surface area contributed by atoms with Crippen molar-refractivity contribution >= 4 is 15.7 Å². The van der Waals surface area contributed by atoms with Gasteiger partial charge in [-0.1, -0.05) is 32.0 Å². The molecule has 0 amide bonds. The summed E-state index contributed by atoms with van der Waals surface area (Å²) in [7, 11) is -3.65. The Morgan fingerprint density at radius 2 is 2.00 bits per heavy atom. The lowest BCUT2D eigenvalue weighted by Crippen LogP contribution is -2.13. The van der Waals surface area contributed by atoms with E-state index in [4.69, 9.17) is 5.11 Å². The molecule has 1 aromatic carbocycles. The fourth-order valence-corrected chi connectivity index (χ4v) is 3.07. The number of sulfonamides is 1. The van der Waals surface area contributed by atoms with Crippen LogP contribution in [0.5, 0.6) is 0 Å². The Balaban J connectivity index is 2.33. The minimum Gasteiger partial charge on any atom is -0.390 e. The zero-order chi connectivity index (χ0) is 14.8. The molecular weight excluding hydrogens is 276 g/mol. The highest BCUT2D eigenvalue weighted by Gasteiger charge is 2.18. The van der Waals surface area contributed by atoms with Crippen LogP contribution in [-0.2, 0) is 16.6 Å². The maximum absolute atomic E-state index is 12.3. The summed E-state index contributed by atoms with van der Waals surface area (Å²) < 4.78 is 27.2. The number of nitrogens with one attached hydrogen (secondary N) is 2. The Labute approximate surface area is 118 Å². The lowest BCUT2D eigenvalue weighted by Gasteiger charge is -2.14. The van der Waals surface area contributed by atoms with Gasteiger partial charge in [0.2, 0.25) is 0 Å². The van der Waals surface area contributed by atoms with E-state index in [1.54, 1.807) is 12.1 Å². The van der Waals surface area contributed by atoms with Crippen LogP contribution in [-0.4, -0.2) is 18.5 Å². The van der Waals surface area contributed by atoms with Crippen LogP contribution in [0.15, 0.2) is 41.4 Å². The van der Waals surface area contributed by atoms with Crippen molar-refractivity contribution in [3.63, 3.8) is 0 Å². The molecule has 1 aromatic heterocycles. The molecular formula is C14H18N2O3S. The number of aliphatic hydroxyl groups excluding tert-OH is 1. The summed E-state index contributed by atoms with van der Waals surface area (Å²) in [5, 5.41) is 8.98. The molecule has 0 bridgehead atoms. The third-order valence-corrected chi connectivity index (χ3v) is 4.37. The highest BCUT2D eigenvalue weighted by molar-refractivity contribution is 7.92. The Morgan fingerprint density at radius 3 is 2.60 bits per heavy atom. The van der Waals surface area contributed by atoms with Crippen LogP contribution in [0.3, 0.4) is 0 Å². The van der Waals surface area contributed by atoms with Gasteiger partial charge in [0.25, 0.3) is 10.0 Å². The molecule has 6 heteroatoms. The van der Waals surface area contributed by atoms with Gasteiger partial charge in [0.1, 0.15) is 4.90 Å². The van der Waals surface area contributed by atoms with E-state index in [9.17, 15) is 8.42 Å². The molecule has 0 saturated carbocycles. The van der Waals surface area contributed by atoms with Crippen molar-refractivity contribution in [3.05, 3.63) is 47.8 Å². The monoisotopic (exact) mass is 294 g/mol. The molecule has 1 heterocycles. The van der Waals surface area contributed by atoms with Crippen LogP contribution in [0, 0.1) is 0 Å². The number of hydrogen-bond donors (Lipinski definition) is 3. The quantitative estimate of drug-likeness (QED) is 0.792. The number of aliphatic hydroxyl groups is 1. The maximum atomic E-state index is 12.3. The van der Waals surface area contributed by atoms with E-state index in [0.29, 0.717) is 11.4 Å². The van der Waals surface area contributed by atoms with Crippen LogP contribution in [0.25, 0.3) is 0 Å². The van der Waals surface area contributed by atoms with Crippen LogP contribution < -0.4 is 4.72 Å². The molecule has 0 aliphatic heterocycles. The minimum absolute atomic E-state index is 0.111. The Hall–Kier alpha value is -1.79. The number of benzene rings is 1. The normalized spacial score (nSPS) is 11.8. The third kappa shape index (κ3) is 3.02. The van der Waals surface area contributed by atoms with Crippen molar-refractivity contribution in [2.24, 2.45) is 0 Å². The maximum Gasteiger partial charge on any atom is 0.263 e. The molecule has 5 nitrogen and oxygen atoms in total. The van der Waals surface area contributed by atoms with Gasteiger partial charge in [0.15, 0.2) is 0 Å². The molecule has 20 heavy (non-hydrogen) atoms. The zero-order valence-electron chi connectivity index (χ0n) is 11.4. The van der Waals surface area contributed by atoms with Gasteiger partial charge in [-0.2, -0.15) is 0 Å². The van der Waals surface area contributed by atoms with E-state index in [0.717, 1.165) is 5.56 Å². The molecule has 0 radical (unpaired) electrons. The van der Waals surface area contributed by atoms with Crippen molar-refractivity contribution in [2.45, 2.75) is 31.3 Å². The fraction of sp³-hybridized carbons (Fsp3) is 0.286. The van der Waals surface area contributed by atoms with Gasteiger partial charge in [0.05, 0.1) is 12.3 Å². The molecule has 108 valence electrons. The first kappa shape index (κ1) is 14.6. The average Bonchev–Trinajstić information content (AvgIpc) is 2.88. The van der Waals surface area contributed by atoms with Gasteiger partial charge in [-0.3, -0.25) is 4.72 Å². The van der Waals surface area contributed by atoms with E-state index >= 15 is 0 Å². The van der Waals surface area contributed by atoms with Crippen LogP contribution in [0.1, 0.15) is 31.0 Å². The summed E-state index contributed by atoms with van der Waals surface area (Å²) >= 11 is 0. The number of hydrogen-bond acceptors (Lipinski definition) is 3. The number of rotatable bonds is 5. The Kier molecular flexibility index (Phi) is 4.15. The van der Waals surface area contributed by atoms with Crippen LogP contribution in [0.2, 0.25) is 0 Å². The first-order valence-electron chi connectivity index (χ1n) is 6.34. The largest absolute Gasteiger partial charge is 0.390 e. The van der Waals surface area contributed by atoms with E-state index < -0.39 is 10.0 Å². The highest BCUT2D eigenvalue weighted by Crippen LogP contribution is 2.26. The second kappa shape index (κ2) is 5.68. The smallest absolute Gasteiger partial charge is 0.263 e. The lowest BCUT2D eigenvalue weighted by atomic mass is 10.0. The summed E-state index contributed by atoms with van der Waals surface area (Å²) in [6.45, 7) is 3.79. The minimum atomic E-state index is -3.65. The molecule has 0 aliphatic rings. The molecule has 0 spiro atoms. The summed E-state index contributed by atoms with van der Waals surface area (Å²) in [6.07, 6.45) is 1.37. The summed E-state index contributed by atoms with van der Waals surface area (Å²) in [5.41, 5.74) is 1.98.